The molecule has 0 bridgehead atoms. The number of carbonyl (C=O) groups excluding carboxylic acids is 5. The van der Waals surface area contributed by atoms with Gasteiger partial charge in [-0.25, -0.2) is 0 Å². The highest BCUT2D eigenvalue weighted by Gasteiger charge is 2.42. The molecule has 1 aliphatic heterocycles. The zero-order chi connectivity index (χ0) is 37.3. The summed E-state index contributed by atoms with van der Waals surface area (Å²) in [5, 5.41) is 8.26. The average molecular weight is 699 g/mol. The maximum atomic E-state index is 13.9. The molecule has 0 aromatic carbocycles. The molecule has 3 N–H and O–H groups in total. The van der Waals surface area contributed by atoms with Crippen molar-refractivity contribution >= 4 is 29.5 Å². The lowest BCUT2D eigenvalue weighted by Crippen LogP contribution is -2.55. The minimum Gasteiger partial charge on any atom is -0.382 e. The number of carbonyl (C=O) groups is 5. The lowest BCUT2D eigenvalue weighted by Gasteiger charge is -2.39. The Kier molecular flexibility index (Phi) is 20.6. The van der Waals surface area contributed by atoms with Gasteiger partial charge in [-0.1, -0.05) is 41.0 Å². The highest BCUT2D eigenvalue weighted by atomic mass is 16.5. The predicted octanol–water partition coefficient (Wildman–Crippen LogP) is 1.27. The van der Waals surface area contributed by atoms with E-state index in [0.717, 1.165) is 12.8 Å². The smallest absolute Gasteiger partial charge is 0.242 e. The molecule has 14 nitrogen and oxygen atoms in total. The van der Waals surface area contributed by atoms with E-state index in [0.29, 0.717) is 39.1 Å². The quantitative estimate of drug-likeness (QED) is 0.134. The van der Waals surface area contributed by atoms with E-state index >= 15 is 0 Å². The summed E-state index contributed by atoms with van der Waals surface area (Å²) < 4.78 is 17.0. The Labute approximate surface area is 294 Å². The number of nitrogens with one attached hydrogen (secondary N) is 3. The van der Waals surface area contributed by atoms with Crippen LogP contribution < -0.4 is 16.0 Å². The van der Waals surface area contributed by atoms with Crippen molar-refractivity contribution in [3.05, 3.63) is 0 Å². The van der Waals surface area contributed by atoms with Crippen molar-refractivity contribution in [3.63, 3.8) is 0 Å². The Balaban J connectivity index is 2.95. The number of likely N-dealkylation sites (N-methyl/N-ethyl adjacent to an activating group) is 2. The van der Waals surface area contributed by atoms with E-state index in [4.69, 9.17) is 14.2 Å². The molecule has 1 fully saturated rings. The second kappa shape index (κ2) is 22.8. The Bertz CT molecular complexity index is 1040. The molecule has 0 radical (unpaired) electrons. The Morgan fingerprint density at radius 2 is 1.55 bits per heavy atom. The number of rotatable bonds is 23. The molecule has 7 unspecified atom stereocenters. The molecule has 0 aliphatic carbocycles. The minimum atomic E-state index is -0.623. The van der Waals surface area contributed by atoms with Crippen molar-refractivity contribution in [1.82, 2.24) is 30.7 Å². The normalized spacial score (nSPS) is 18.4. The van der Waals surface area contributed by atoms with Gasteiger partial charge in [-0.05, 0) is 52.1 Å². The summed E-state index contributed by atoms with van der Waals surface area (Å²) >= 11 is 0. The van der Waals surface area contributed by atoms with Crippen LogP contribution in [-0.4, -0.2) is 149 Å². The molecule has 1 aliphatic rings. The maximum Gasteiger partial charge on any atom is 0.242 e. The molecule has 14 heteroatoms. The summed E-state index contributed by atoms with van der Waals surface area (Å²) in [7, 11) is 8.43. The first-order valence-corrected chi connectivity index (χ1v) is 17.8. The van der Waals surface area contributed by atoms with Crippen molar-refractivity contribution in [2.24, 2.45) is 17.8 Å². The molecule has 1 rings (SSSR count). The topological polar surface area (TPSA) is 159 Å². The van der Waals surface area contributed by atoms with Crippen LogP contribution in [0.1, 0.15) is 73.6 Å². The number of nitrogens with zero attached hydrogens (tertiary/aromatic N) is 3. The fraction of sp³-hybridized carbons (Fsp3) is 0.857. The standard InChI is InChI=1S/C35H66N6O8/c1-12-24(5)32(40(9)30(44)22-38-35(46)31(23(3)4)39(7)8)27(47-10)20-29(43)41-18-14-16-26(41)33(48-11)25(6)34(45)37-21-28(42)36-17-15-19-49-13-2/h23-27,31-33H,12-22H2,1-11H3,(H,36,42)(H,37,45)(H,38,46). The van der Waals surface area contributed by atoms with Crippen molar-refractivity contribution in [3.8, 4) is 0 Å². The van der Waals surface area contributed by atoms with Gasteiger partial charge >= 0.3 is 0 Å². The molecule has 5 amide bonds. The summed E-state index contributed by atoms with van der Waals surface area (Å²) in [6, 6.07) is -1.13. The monoisotopic (exact) mass is 698 g/mol. The van der Waals surface area contributed by atoms with E-state index in [9.17, 15) is 24.0 Å². The van der Waals surface area contributed by atoms with E-state index in [1.54, 1.807) is 30.9 Å². The van der Waals surface area contributed by atoms with Crippen LogP contribution in [0, 0.1) is 17.8 Å². The molecule has 0 saturated carbocycles. The SMILES string of the molecule is CCOCCCNC(=O)CNC(=O)C(C)C(OC)C1CCCN1C(=O)CC(OC)C(C(C)CC)N(C)C(=O)CNC(=O)C(C(C)C)N(C)C. The number of ether oxygens (including phenoxy) is 3. The van der Waals surface area contributed by atoms with Crippen LogP contribution in [0.25, 0.3) is 0 Å². The summed E-state index contributed by atoms with van der Waals surface area (Å²) in [5.41, 5.74) is 0. The molecule has 1 heterocycles. The number of likely N-dealkylation sites (tertiary alicyclic amines) is 1. The van der Waals surface area contributed by atoms with Crippen LogP contribution in [-0.2, 0) is 38.2 Å². The van der Waals surface area contributed by atoms with Gasteiger partial charge in [0.25, 0.3) is 0 Å². The molecular formula is C35H66N6O8. The lowest BCUT2D eigenvalue weighted by molar-refractivity contribution is -0.146. The third-order valence-electron chi connectivity index (χ3n) is 9.59. The van der Waals surface area contributed by atoms with Gasteiger partial charge in [0.05, 0.1) is 55.8 Å². The van der Waals surface area contributed by atoms with Gasteiger partial charge < -0.3 is 40.0 Å². The lowest BCUT2D eigenvalue weighted by atomic mass is 9.90. The second-order valence-corrected chi connectivity index (χ2v) is 13.6. The van der Waals surface area contributed by atoms with E-state index in [-0.39, 0.29) is 73.0 Å². The molecule has 0 spiro atoms. The summed E-state index contributed by atoms with van der Waals surface area (Å²) in [4.78, 5) is 70.7. The first-order valence-electron chi connectivity index (χ1n) is 17.8. The number of methoxy groups -OCH3 is 2. The largest absolute Gasteiger partial charge is 0.382 e. The maximum absolute atomic E-state index is 13.9. The van der Waals surface area contributed by atoms with E-state index in [2.05, 4.69) is 16.0 Å². The molecule has 284 valence electrons. The van der Waals surface area contributed by atoms with Gasteiger partial charge in [-0.3, -0.25) is 28.9 Å². The Morgan fingerprint density at radius 3 is 2.10 bits per heavy atom. The fourth-order valence-corrected chi connectivity index (χ4v) is 6.79. The third-order valence-corrected chi connectivity index (χ3v) is 9.59. The second-order valence-electron chi connectivity index (χ2n) is 13.6. The average Bonchev–Trinajstić information content (AvgIpc) is 3.54. The van der Waals surface area contributed by atoms with Gasteiger partial charge in [0, 0.05) is 47.6 Å². The number of hydrogen-bond donors (Lipinski definition) is 3. The molecule has 1 saturated heterocycles. The Morgan fingerprint density at radius 1 is 0.898 bits per heavy atom. The zero-order valence-corrected chi connectivity index (χ0v) is 32.0. The van der Waals surface area contributed by atoms with Crippen molar-refractivity contribution in [1.29, 1.82) is 0 Å². The van der Waals surface area contributed by atoms with Crippen molar-refractivity contribution < 1.29 is 38.2 Å². The van der Waals surface area contributed by atoms with Gasteiger partial charge in [0.1, 0.15) is 0 Å². The number of amides is 5. The van der Waals surface area contributed by atoms with Gasteiger partial charge in [-0.15, -0.1) is 0 Å². The molecular weight excluding hydrogens is 632 g/mol. The van der Waals surface area contributed by atoms with Crippen LogP contribution in [0.15, 0.2) is 0 Å². The van der Waals surface area contributed by atoms with Crippen LogP contribution >= 0.6 is 0 Å². The third kappa shape index (κ3) is 13.8. The first-order chi connectivity index (χ1) is 23.2. The molecule has 0 aromatic rings. The summed E-state index contributed by atoms with van der Waals surface area (Å²) in [5.74, 6) is -1.81. The van der Waals surface area contributed by atoms with Crippen molar-refractivity contribution in [2.45, 2.75) is 104 Å². The minimum absolute atomic E-state index is 0.000667. The predicted molar refractivity (Wildman–Crippen MR) is 189 cm³/mol. The van der Waals surface area contributed by atoms with Crippen LogP contribution in [0.3, 0.4) is 0 Å². The van der Waals surface area contributed by atoms with Gasteiger partial charge in [0.2, 0.25) is 29.5 Å². The molecule has 0 aromatic heterocycles. The van der Waals surface area contributed by atoms with Crippen LogP contribution in [0.5, 0.6) is 0 Å². The first kappa shape index (κ1) is 44.2. The van der Waals surface area contributed by atoms with E-state index in [1.165, 1.54) is 7.11 Å². The number of hydrogen-bond acceptors (Lipinski definition) is 9. The highest BCUT2D eigenvalue weighted by Crippen LogP contribution is 2.29. The van der Waals surface area contributed by atoms with E-state index < -0.39 is 24.2 Å². The molecule has 7 atom stereocenters. The van der Waals surface area contributed by atoms with Gasteiger partial charge in [0.15, 0.2) is 0 Å². The molecule has 49 heavy (non-hydrogen) atoms. The van der Waals surface area contributed by atoms with Gasteiger partial charge in [-0.2, -0.15) is 0 Å². The highest BCUT2D eigenvalue weighted by molar-refractivity contribution is 5.88. The fourth-order valence-electron chi connectivity index (χ4n) is 6.79. The summed E-state index contributed by atoms with van der Waals surface area (Å²) in [6.45, 7) is 13.4. The zero-order valence-electron chi connectivity index (χ0n) is 32.0. The van der Waals surface area contributed by atoms with Crippen LogP contribution in [0.4, 0.5) is 0 Å². The van der Waals surface area contributed by atoms with Crippen molar-refractivity contribution in [2.75, 3.05) is 74.8 Å². The van der Waals surface area contributed by atoms with E-state index in [1.807, 2.05) is 53.6 Å². The Hall–Kier alpha value is -2.81. The van der Waals surface area contributed by atoms with Crippen LogP contribution in [0.2, 0.25) is 0 Å². The summed E-state index contributed by atoms with van der Waals surface area (Å²) in [6.07, 6.45) is 1.69.